The molecule has 0 bridgehead atoms. The van der Waals surface area contributed by atoms with Crippen LogP contribution in [0.5, 0.6) is 0 Å². The van der Waals surface area contributed by atoms with Crippen molar-refractivity contribution < 1.29 is 14.1 Å². The first-order valence-electron chi connectivity index (χ1n) is 12.9. The highest BCUT2D eigenvalue weighted by molar-refractivity contribution is 5.14. The van der Waals surface area contributed by atoms with Crippen LogP contribution in [0.4, 0.5) is 0 Å². The summed E-state index contributed by atoms with van der Waals surface area (Å²) in [6.45, 7) is 7.19. The molecule has 174 valence electrons. The monoisotopic (exact) mass is 436 g/mol. The molecule has 0 saturated carbocycles. The van der Waals surface area contributed by atoms with E-state index in [1.165, 1.54) is 73.9 Å². The summed E-state index contributed by atoms with van der Waals surface area (Å²) in [6.07, 6.45) is 7.06. The predicted molar refractivity (Wildman–Crippen MR) is 133 cm³/mol. The van der Waals surface area contributed by atoms with Crippen LogP contribution < -0.4 is 0 Å². The SMILES string of the molecule is C[N+]1(Cc2ccccc2)CCC(CCC(O)C2CC[N+](C)(Cc3ccccc3)CC2)CC1. The highest BCUT2D eigenvalue weighted by Gasteiger charge is 2.34. The molecule has 1 unspecified atom stereocenters. The minimum absolute atomic E-state index is 0.104. The van der Waals surface area contributed by atoms with Gasteiger partial charge in [-0.2, -0.15) is 0 Å². The molecule has 4 rings (SSSR count). The minimum Gasteiger partial charge on any atom is -0.393 e. The quantitative estimate of drug-likeness (QED) is 0.561. The van der Waals surface area contributed by atoms with Crippen LogP contribution in [0.15, 0.2) is 60.7 Å². The Kier molecular flexibility index (Phi) is 7.70. The molecule has 0 amide bonds. The smallest absolute Gasteiger partial charge is 0.104 e. The Labute approximate surface area is 195 Å². The second-order valence-electron chi connectivity index (χ2n) is 11.3. The van der Waals surface area contributed by atoms with Crippen molar-refractivity contribution in [3.8, 4) is 0 Å². The minimum atomic E-state index is -0.104. The van der Waals surface area contributed by atoms with E-state index in [4.69, 9.17) is 0 Å². The molecule has 3 nitrogen and oxygen atoms in total. The van der Waals surface area contributed by atoms with Gasteiger partial charge in [-0.3, -0.25) is 0 Å². The van der Waals surface area contributed by atoms with Crippen LogP contribution in [-0.2, 0) is 13.1 Å². The fraction of sp³-hybridized carbons (Fsp3) is 0.586. The number of hydrogen-bond acceptors (Lipinski definition) is 1. The van der Waals surface area contributed by atoms with Gasteiger partial charge in [-0.05, 0) is 37.5 Å². The maximum absolute atomic E-state index is 11.0. The molecule has 1 N–H and O–H groups in total. The van der Waals surface area contributed by atoms with Crippen LogP contribution in [0, 0.1) is 11.8 Å². The highest BCUT2D eigenvalue weighted by atomic mass is 16.3. The summed E-state index contributed by atoms with van der Waals surface area (Å²) in [6, 6.07) is 21.8. The topological polar surface area (TPSA) is 20.2 Å². The van der Waals surface area contributed by atoms with Gasteiger partial charge in [0, 0.05) is 24.0 Å². The van der Waals surface area contributed by atoms with E-state index in [9.17, 15) is 5.11 Å². The summed E-state index contributed by atoms with van der Waals surface area (Å²) in [5.41, 5.74) is 2.89. The predicted octanol–water partition coefficient (Wildman–Crippen LogP) is 5.24. The van der Waals surface area contributed by atoms with Gasteiger partial charge in [0.05, 0.1) is 46.4 Å². The number of rotatable bonds is 8. The average Bonchev–Trinajstić information content (AvgIpc) is 2.80. The second-order valence-corrected chi connectivity index (χ2v) is 11.3. The van der Waals surface area contributed by atoms with Gasteiger partial charge in [0.1, 0.15) is 13.1 Å². The van der Waals surface area contributed by atoms with Gasteiger partial charge in [-0.25, -0.2) is 0 Å². The fourth-order valence-corrected chi connectivity index (χ4v) is 6.14. The zero-order valence-corrected chi connectivity index (χ0v) is 20.3. The van der Waals surface area contributed by atoms with Gasteiger partial charge in [-0.15, -0.1) is 0 Å². The lowest BCUT2D eigenvalue weighted by molar-refractivity contribution is -0.928. The van der Waals surface area contributed by atoms with E-state index in [-0.39, 0.29) is 6.10 Å². The molecule has 0 aliphatic carbocycles. The molecular weight excluding hydrogens is 392 g/mol. The van der Waals surface area contributed by atoms with Crippen molar-refractivity contribution in [2.45, 2.75) is 57.7 Å². The lowest BCUT2D eigenvalue weighted by atomic mass is 9.84. The third-order valence-corrected chi connectivity index (χ3v) is 8.46. The number of hydrogen-bond donors (Lipinski definition) is 1. The molecule has 32 heavy (non-hydrogen) atoms. The molecule has 2 aromatic rings. The van der Waals surface area contributed by atoms with E-state index in [0.29, 0.717) is 5.92 Å². The summed E-state index contributed by atoms with van der Waals surface area (Å²) in [5, 5.41) is 11.0. The number of piperidine rings is 2. The van der Waals surface area contributed by atoms with E-state index >= 15 is 0 Å². The van der Waals surface area contributed by atoms with Crippen LogP contribution in [0.2, 0.25) is 0 Å². The van der Waals surface area contributed by atoms with E-state index in [2.05, 4.69) is 74.8 Å². The molecule has 0 spiro atoms. The van der Waals surface area contributed by atoms with Crippen molar-refractivity contribution in [2.24, 2.45) is 11.8 Å². The third-order valence-electron chi connectivity index (χ3n) is 8.46. The summed E-state index contributed by atoms with van der Waals surface area (Å²) in [5.74, 6) is 1.30. The molecular formula is C29H44N2O+2. The number of aliphatic hydroxyl groups is 1. The van der Waals surface area contributed by atoms with Crippen LogP contribution in [0.1, 0.15) is 49.7 Å². The van der Waals surface area contributed by atoms with Gasteiger partial charge >= 0.3 is 0 Å². The summed E-state index contributed by atoms with van der Waals surface area (Å²) in [7, 11) is 4.81. The van der Waals surface area contributed by atoms with Gasteiger partial charge in [0.15, 0.2) is 0 Å². The Hall–Kier alpha value is -1.68. The van der Waals surface area contributed by atoms with Gasteiger partial charge < -0.3 is 14.1 Å². The summed E-state index contributed by atoms with van der Waals surface area (Å²) < 4.78 is 2.29. The lowest BCUT2D eigenvalue weighted by Gasteiger charge is -2.42. The molecule has 3 heteroatoms. The van der Waals surface area contributed by atoms with Gasteiger partial charge in [0.2, 0.25) is 0 Å². The molecule has 2 heterocycles. The largest absolute Gasteiger partial charge is 0.393 e. The molecule has 2 fully saturated rings. The Balaban J connectivity index is 1.17. The van der Waals surface area contributed by atoms with Crippen molar-refractivity contribution >= 4 is 0 Å². The standard InChI is InChI=1S/C29H44N2O/c1-30(23-26-9-5-3-6-10-26)19-15-25(16-20-30)13-14-29(32)28-17-21-31(2,22-18-28)24-27-11-7-4-8-12-27/h3-12,25,28-29,32H,13-24H2,1-2H3/q+2. The van der Waals surface area contributed by atoms with Crippen LogP contribution in [0.25, 0.3) is 0 Å². The normalized spacial score (nSPS) is 31.8. The van der Waals surface area contributed by atoms with Crippen LogP contribution >= 0.6 is 0 Å². The first kappa shape index (κ1) is 23.5. The fourth-order valence-electron chi connectivity index (χ4n) is 6.14. The van der Waals surface area contributed by atoms with Crippen molar-refractivity contribution in [3.05, 3.63) is 71.8 Å². The Morgan fingerprint density at radius 1 is 0.719 bits per heavy atom. The number of benzene rings is 2. The van der Waals surface area contributed by atoms with E-state index in [0.717, 1.165) is 29.9 Å². The van der Waals surface area contributed by atoms with Crippen molar-refractivity contribution in [1.29, 1.82) is 0 Å². The Bertz CT molecular complexity index is 806. The van der Waals surface area contributed by atoms with Crippen molar-refractivity contribution in [3.63, 3.8) is 0 Å². The number of nitrogens with zero attached hydrogens (tertiary/aromatic N) is 2. The highest BCUT2D eigenvalue weighted by Crippen LogP contribution is 2.32. The van der Waals surface area contributed by atoms with Crippen LogP contribution in [0.3, 0.4) is 0 Å². The second kappa shape index (κ2) is 10.5. The van der Waals surface area contributed by atoms with Crippen molar-refractivity contribution in [1.82, 2.24) is 0 Å². The first-order chi connectivity index (χ1) is 15.4. The molecule has 0 radical (unpaired) electrons. The molecule has 0 aromatic heterocycles. The Morgan fingerprint density at radius 3 is 1.62 bits per heavy atom. The maximum Gasteiger partial charge on any atom is 0.104 e. The number of quaternary nitrogens is 2. The van der Waals surface area contributed by atoms with E-state index in [1.807, 2.05) is 0 Å². The molecule has 2 saturated heterocycles. The lowest BCUT2D eigenvalue weighted by Crippen LogP contribution is -2.50. The number of likely N-dealkylation sites (tertiary alicyclic amines) is 2. The molecule has 2 aliphatic heterocycles. The number of aliphatic hydroxyl groups excluding tert-OH is 1. The molecule has 2 aliphatic rings. The van der Waals surface area contributed by atoms with Gasteiger partial charge in [0.25, 0.3) is 0 Å². The molecule has 1 atom stereocenters. The maximum atomic E-state index is 11.0. The van der Waals surface area contributed by atoms with Crippen molar-refractivity contribution in [2.75, 3.05) is 40.3 Å². The van der Waals surface area contributed by atoms with Crippen LogP contribution in [-0.4, -0.2) is 60.5 Å². The summed E-state index contributed by atoms with van der Waals surface area (Å²) >= 11 is 0. The molecule has 2 aromatic carbocycles. The zero-order valence-electron chi connectivity index (χ0n) is 20.3. The zero-order chi connectivity index (χ0) is 22.4. The average molecular weight is 437 g/mol. The summed E-state index contributed by atoms with van der Waals surface area (Å²) in [4.78, 5) is 0. The van der Waals surface area contributed by atoms with E-state index < -0.39 is 0 Å². The first-order valence-corrected chi connectivity index (χ1v) is 12.9. The van der Waals surface area contributed by atoms with Gasteiger partial charge in [-0.1, -0.05) is 60.7 Å². The Morgan fingerprint density at radius 2 is 1.16 bits per heavy atom. The third kappa shape index (κ3) is 6.43. The van der Waals surface area contributed by atoms with E-state index in [1.54, 1.807) is 0 Å².